The Morgan fingerprint density at radius 2 is 1.80 bits per heavy atom. The third-order valence-corrected chi connectivity index (χ3v) is 7.42. The lowest BCUT2D eigenvalue weighted by Gasteiger charge is -2.40. The molecule has 3 aromatic rings. The molecule has 0 spiro atoms. The highest BCUT2D eigenvalue weighted by atomic mass is 35.5. The second-order valence-corrected chi connectivity index (χ2v) is 11.2. The number of likely N-dealkylation sites (N-methyl/N-ethyl adjacent to an activating group) is 1. The van der Waals surface area contributed by atoms with Gasteiger partial charge < -0.3 is 19.9 Å². The second-order valence-electron chi connectivity index (χ2n) is 10.4. The lowest BCUT2D eigenvalue weighted by Crippen LogP contribution is -2.51. The first-order chi connectivity index (χ1) is 19.5. The molecule has 216 valence electrons. The van der Waals surface area contributed by atoms with E-state index in [0.717, 1.165) is 5.56 Å². The molecule has 2 unspecified atom stereocenters. The van der Waals surface area contributed by atoms with Gasteiger partial charge in [-0.05, 0) is 55.9 Å². The average Bonchev–Trinajstić information content (AvgIpc) is 2.93. The number of aromatic nitrogens is 1. The van der Waals surface area contributed by atoms with Crippen LogP contribution in [0.4, 0.5) is 16.2 Å². The van der Waals surface area contributed by atoms with E-state index in [-0.39, 0.29) is 22.3 Å². The van der Waals surface area contributed by atoms with Gasteiger partial charge in [-0.25, -0.2) is 4.79 Å². The van der Waals surface area contributed by atoms with E-state index in [2.05, 4.69) is 4.99 Å². The lowest BCUT2D eigenvalue weighted by molar-refractivity contribution is 0.249. The number of nitrogens with two attached hydrogens (primary N) is 1. The number of amides is 2. The van der Waals surface area contributed by atoms with E-state index in [0.29, 0.717) is 40.9 Å². The molecule has 0 bridgehead atoms. The molecule has 11 heteroatoms. The molecule has 2 amide bonds. The molecule has 2 heterocycles. The summed E-state index contributed by atoms with van der Waals surface area (Å²) in [5.41, 5.74) is 8.75. The quantitative estimate of drug-likeness (QED) is 0.314. The molecule has 4 rings (SSSR count). The third kappa shape index (κ3) is 6.64. The van der Waals surface area contributed by atoms with Crippen LogP contribution in [0.25, 0.3) is 0 Å². The van der Waals surface area contributed by atoms with Crippen molar-refractivity contribution in [1.82, 2.24) is 9.47 Å². The number of carbonyl (C=O) groups is 1. The van der Waals surface area contributed by atoms with Crippen LogP contribution in [0, 0.1) is 11.8 Å². The summed E-state index contributed by atoms with van der Waals surface area (Å²) in [6.45, 7) is 5.01. The summed E-state index contributed by atoms with van der Waals surface area (Å²) in [5, 5.41) is 0.544. The number of pyridine rings is 1. The van der Waals surface area contributed by atoms with Gasteiger partial charge in [0.05, 0.1) is 24.8 Å². The average molecular weight is 598 g/mol. The van der Waals surface area contributed by atoms with Crippen LogP contribution in [0.5, 0.6) is 5.75 Å². The number of hydrogen-bond donors (Lipinski definition) is 1. The summed E-state index contributed by atoms with van der Waals surface area (Å²) in [7, 11) is 5.42. The molecule has 0 radical (unpaired) electrons. The third-order valence-electron chi connectivity index (χ3n) is 6.89. The van der Waals surface area contributed by atoms with E-state index in [9.17, 15) is 9.59 Å². The van der Waals surface area contributed by atoms with Crippen LogP contribution >= 0.6 is 23.2 Å². The van der Waals surface area contributed by atoms with Crippen molar-refractivity contribution >= 4 is 52.2 Å². The summed E-state index contributed by atoms with van der Waals surface area (Å²) >= 11 is 12.7. The number of hydrogen-bond acceptors (Lipinski definition) is 6. The van der Waals surface area contributed by atoms with Crippen molar-refractivity contribution in [3.05, 3.63) is 86.8 Å². The number of rotatable bonds is 9. The topological polar surface area (TPSA) is 106 Å². The normalized spacial score (nSPS) is 17.8. The zero-order valence-electron chi connectivity index (χ0n) is 23.7. The molecule has 1 aliphatic heterocycles. The molecule has 0 saturated heterocycles. The molecule has 1 aliphatic rings. The van der Waals surface area contributed by atoms with Crippen LogP contribution in [-0.2, 0) is 6.54 Å². The summed E-state index contributed by atoms with van der Waals surface area (Å²) in [6.07, 6.45) is 1.64. The maximum absolute atomic E-state index is 13.7. The Balaban J connectivity index is 1.96. The minimum absolute atomic E-state index is 0.00485. The monoisotopic (exact) mass is 596 g/mol. The van der Waals surface area contributed by atoms with Crippen molar-refractivity contribution in [2.24, 2.45) is 27.6 Å². The predicted octanol–water partition coefficient (Wildman–Crippen LogP) is 5.81. The van der Waals surface area contributed by atoms with Crippen molar-refractivity contribution in [1.29, 1.82) is 0 Å². The first kappa shape index (κ1) is 30.3. The van der Waals surface area contributed by atoms with Gasteiger partial charge in [0.2, 0.25) is 0 Å². The maximum Gasteiger partial charge on any atom is 0.350 e. The fraction of sp³-hybridized carbons (Fsp3) is 0.333. The molecule has 2 atom stereocenters. The Hall–Kier alpha value is -3.66. The summed E-state index contributed by atoms with van der Waals surface area (Å²) in [5.74, 6) is 0.0501. The molecule has 2 aromatic carbocycles. The van der Waals surface area contributed by atoms with Crippen LogP contribution in [0.3, 0.4) is 0 Å². The molecular formula is C30H34Cl2N6O3. The standard InChI is InChI=1S/C30H34Cl2N6O3/c1-18(2)26(34-23-8-6-7-9-24(23)41-5)25-27(19-10-12-20(31)13-11-19)38(30(40)35-28(25)33)21-16-22(32)29(39)37(17-21)15-14-36(3)4/h6-13,16-18,25,27H,14-15H2,1-5H3,(H2,33,35,40). The van der Waals surface area contributed by atoms with Crippen molar-refractivity contribution in [2.75, 3.05) is 32.6 Å². The SMILES string of the molecule is COc1ccccc1N=C(C(C)C)C1C(N)=NC(=O)N(c2cc(Cl)c(=O)n(CCN(C)C)c2)C1c1ccc(Cl)cc1. The van der Waals surface area contributed by atoms with E-state index in [4.69, 9.17) is 38.7 Å². The van der Waals surface area contributed by atoms with Crippen LogP contribution in [0.2, 0.25) is 10.0 Å². The van der Waals surface area contributed by atoms with Crippen LogP contribution in [0.1, 0.15) is 25.5 Å². The summed E-state index contributed by atoms with van der Waals surface area (Å²) in [6, 6.07) is 14.9. The number of anilines is 1. The first-order valence-electron chi connectivity index (χ1n) is 13.2. The fourth-order valence-electron chi connectivity index (χ4n) is 4.86. The van der Waals surface area contributed by atoms with Gasteiger partial charge >= 0.3 is 6.03 Å². The van der Waals surface area contributed by atoms with E-state index >= 15 is 0 Å². The van der Waals surface area contributed by atoms with Gasteiger partial charge in [-0.15, -0.1) is 0 Å². The molecule has 0 fully saturated rings. The van der Waals surface area contributed by atoms with Crippen LogP contribution in [-0.4, -0.2) is 54.8 Å². The number of amidine groups is 1. The Morgan fingerprint density at radius 3 is 2.44 bits per heavy atom. The number of urea groups is 1. The van der Waals surface area contributed by atoms with Crippen molar-refractivity contribution < 1.29 is 9.53 Å². The van der Waals surface area contributed by atoms with Crippen molar-refractivity contribution in [3.8, 4) is 5.75 Å². The Bertz CT molecular complexity index is 1530. The number of aliphatic imine (C=N–C) groups is 2. The van der Waals surface area contributed by atoms with Gasteiger partial charge in [0, 0.05) is 30.0 Å². The zero-order chi connectivity index (χ0) is 29.8. The van der Waals surface area contributed by atoms with Gasteiger partial charge in [-0.1, -0.05) is 61.3 Å². The molecule has 1 aromatic heterocycles. The van der Waals surface area contributed by atoms with Crippen LogP contribution < -0.4 is 20.9 Å². The number of nitrogens with zero attached hydrogens (tertiary/aromatic N) is 5. The molecule has 9 nitrogen and oxygen atoms in total. The maximum atomic E-state index is 13.7. The number of halogens is 2. The minimum atomic E-state index is -0.663. The van der Waals surface area contributed by atoms with E-state index in [1.54, 1.807) is 25.4 Å². The molecule has 41 heavy (non-hydrogen) atoms. The van der Waals surface area contributed by atoms with Gasteiger partial charge in [0.1, 0.15) is 22.3 Å². The largest absolute Gasteiger partial charge is 0.494 e. The Morgan fingerprint density at radius 1 is 1.12 bits per heavy atom. The van der Waals surface area contributed by atoms with Gasteiger partial charge in [-0.3, -0.25) is 14.7 Å². The number of para-hydroxylation sites is 2. The van der Waals surface area contributed by atoms with Crippen LogP contribution in [0.15, 0.2) is 75.6 Å². The predicted molar refractivity (Wildman–Crippen MR) is 166 cm³/mol. The van der Waals surface area contributed by atoms with Gasteiger partial charge in [0.25, 0.3) is 5.56 Å². The number of ether oxygens (including phenoxy) is 1. The fourth-order valence-corrected chi connectivity index (χ4v) is 5.20. The molecule has 0 saturated carbocycles. The van der Waals surface area contributed by atoms with Gasteiger partial charge in [-0.2, -0.15) is 4.99 Å². The van der Waals surface area contributed by atoms with E-state index in [1.165, 1.54) is 15.5 Å². The highest BCUT2D eigenvalue weighted by Crippen LogP contribution is 2.40. The highest BCUT2D eigenvalue weighted by molar-refractivity contribution is 6.31. The smallest absolute Gasteiger partial charge is 0.350 e. The van der Waals surface area contributed by atoms with E-state index < -0.39 is 18.0 Å². The minimum Gasteiger partial charge on any atom is -0.494 e. The van der Waals surface area contributed by atoms with Crippen molar-refractivity contribution in [3.63, 3.8) is 0 Å². The molecule has 0 aliphatic carbocycles. The second kappa shape index (κ2) is 12.9. The summed E-state index contributed by atoms with van der Waals surface area (Å²) < 4.78 is 7.06. The number of benzene rings is 2. The van der Waals surface area contributed by atoms with Gasteiger partial charge in [0.15, 0.2) is 0 Å². The molecular weight excluding hydrogens is 563 g/mol. The Labute approximate surface area is 249 Å². The first-order valence-corrected chi connectivity index (χ1v) is 14.0. The highest BCUT2D eigenvalue weighted by Gasteiger charge is 2.43. The molecule has 2 N–H and O–H groups in total. The lowest BCUT2D eigenvalue weighted by atomic mass is 9.81. The van der Waals surface area contributed by atoms with E-state index in [1.807, 2.05) is 69.2 Å². The number of carbonyl (C=O) groups excluding carboxylic acids is 1. The van der Waals surface area contributed by atoms with Crippen molar-refractivity contribution in [2.45, 2.75) is 26.4 Å². The summed E-state index contributed by atoms with van der Waals surface area (Å²) in [4.78, 5) is 39.3. The Kier molecular flexibility index (Phi) is 9.53. The zero-order valence-corrected chi connectivity index (χ0v) is 25.2. The number of methoxy groups -OCH3 is 1.